The van der Waals surface area contributed by atoms with Gasteiger partial charge in [-0.15, -0.1) is 0 Å². The van der Waals surface area contributed by atoms with E-state index in [4.69, 9.17) is 16.8 Å². The molecule has 0 rings (SSSR count). The number of nitrogens with one attached hydrogen (secondary N) is 1. The molecule has 0 heterocycles. The van der Waals surface area contributed by atoms with E-state index in [1.165, 1.54) is 0 Å². The smallest absolute Gasteiger partial charge is 0.306 e. The molecule has 0 aromatic heterocycles. The number of hydrazone groups is 1. The summed E-state index contributed by atoms with van der Waals surface area (Å²) in [6.45, 7) is 1.92. The van der Waals surface area contributed by atoms with Gasteiger partial charge in [0.2, 0.25) is 0 Å². The molecule has 0 spiro atoms. The molecule has 0 aromatic carbocycles. The van der Waals surface area contributed by atoms with Gasteiger partial charge in [0.1, 0.15) is 5.84 Å². The summed E-state index contributed by atoms with van der Waals surface area (Å²) in [5, 5.41) is 12.1. The van der Waals surface area contributed by atoms with E-state index in [0.717, 1.165) is 6.42 Å². The number of aliphatic carboxylic acids is 1. The van der Waals surface area contributed by atoms with Crippen LogP contribution in [0.5, 0.6) is 0 Å². The summed E-state index contributed by atoms with van der Waals surface area (Å²) in [7, 11) is 0. The van der Waals surface area contributed by atoms with Crippen molar-refractivity contribution in [2.75, 3.05) is 0 Å². The molecule has 1 unspecified atom stereocenters. The van der Waals surface area contributed by atoms with Crippen LogP contribution in [0.15, 0.2) is 5.10 Å². The largest absolute Gasteiger partial charge is 0.481 e. The van der Waals surface area contributed by atoms with Crippen molar-refractivity contribution in [3.05, 3.63) is 0 Å². The molecule has 6 nitrogen and oxygen atoms in total. The van der Waals surface area contributed by atoms with E-state index in [0.29, 0.717) is 12.3 Å². The second-order valence-electron chi connectivity index (χ2n) is 2.75. The molecule has 0 aliphatic carbocycles. The van der Waals surface area contributed by atoms with Crippen molar-refractivity contribution < 1.29 is 9.90 Å². The van der Waals surface area contributed by atoms with Crippen LogP contribution < -0.4 is 17.1 Å². The van der Waals surface area contributed by atoms with Gasteiger partial charge in [0.25, 0.3) is 0 Å². The molecule has 0 bridgehead atoms. The maximum absolute atomic E-state index is 10.7. The first-order valence-electron chi connectivity index (χ1n) is 4.11. The highest BCUT2D eigenvalue weighted by atomic mass is 16.4. The van der Waals surface area contributed by atoms with Crippen LogP contribution in [-0.2, 0) is 4.79 Å². The predicted molar refractivity (Wildman–Crippen MR) is 49.6 cm³/mol. The van der Waals surface area contributed by atoms with Crippen molar-refractivity contribution in [1.29, 1.82) is 0 Å². The maximum atomic E-state index is 10.7. The van der Waals surface area contributed by atoms with Crippen molar-refractivity contribution in [3.8, 4) is 0 Å². The maximum Gasteiger partial charge on any atom is 0.306 e. The molecule has 0 radical (unpaired) electrons. The summed E-state index contributed by atoms with van der Waals surface area (Å²) in [4.78, 5) is 10.7. The summed E-state index contributed by atoms with van der Waals surface area (Å²) in [6, 6.07) is 0. The van der Waals surface area contributed by atoms with Crippen LogP contribution in [0.25, 0.3) is 0 Å². The minimum atomic E-state index is -0.849. The van der Waals surface area contributed by atoms with Crippen molar-refractivity contribution >= 4 is 11.8 Å². The second-order valence-corrected chi connectivity index (χ2v) is 2.75. The molecule has 0 amide bonds. The van der Waals surface area contributed by atoms with Crippen molar-refractivity contribution in [3.63, 3.8) is 0 Å². The number of hydrazine groups is 1. The van der Waals surface area contributed by atoms with E-state index in [9.17, 15) is 4.79 Å². The molecule has 0 aliphatic heterocycles. The molecule has 0 aromatic rings. The Balaban J connectivity index is 4.16. The fourth-order valence-electron chi connectivity index (χ4n) is 1.04. The Labute approximate surface area is 76.9 Å². The molecule has 76 valence electrons. The monoisotopic (exact) mass is 188 g/mol. The summed E-state index contributed by atoms with van der Waals surface area (Å²) in [5.41, 5.74) is 2.26. The Morgan fingerprint density at radius 1 is 1.69 bits per heavy atom. The van der Waals surface area contributed by atoms with E-state index in [-0.39, 0.29) is 6.42 Å². The zero-order chi connectivity index (χ0) is 10.3. The highest BCUT2D eigenvalue weighted by Gasteiger charge is 2.18. The molecule has 13 heavy (non-hydrogen) atoms. The fourth-order valence-corrected chi connectivity index (χ4v) is 1.04. The average molecular weight is 188 g/mol. The molecule has 0 saturated heterocycles. The number of hydrogen-bond donors (Lipinski definition) is 4. The second kappa shape index (κ2) is 6.24. The zero-order valence-corrected chi connectivity index (χ0v) is 7.66. The Morgan fingerprint density at radius 3 is 2.62 bits per heavy atom. The number of amidine groups is 1. The first-order valence-corrected chi connectivity index (χ1v) is 4.11. The van der Waals surface area contributed by atoms with Crippen molar-refractivity contribution in [2.45, 2.75) is 26.2 Å². The average Bonchev–Trinajstić information content (AvgIpc) is 2.11. The van der Waals surface area contributed by atoms with E-state index in [2.05, 4.69) is 10.5 Å². The Morgan fingerprint density at radius 2 is 2.31 bits per heavy atom. The number of nitrogens with zero attached hydrogens (tertiary/aromatic N) is 1. The SMILES string of the molecule is CCCC(C/C(=N/N)NN)C(=O)O. The van der Waals surface area contributed by atoms with Crippen LogP contribution in [-0.4, -0.2) is 16.9 Å². The van der Waals surface area contributed by atoms with Crippen LogP contribution in [0.2, 0.25) is 0 Å². The normalized spacial score (nSPS) is 13.8. The molecule has 0 aliphatic rings. The summed E-state index contributed by atoms with van der Waals surface area (Å²) in [5.74, 6) is 9.04. The number of carbonyl (C=O) groups is 1. The standard InChI is InChI=1S/C7H16N4O2/c1-2-3-5(7(12)13)4-6(10-8)11-9/h5H,2-4,8-9H2,1H3,(H,10,11)(H,12,13). The van der Waals surface area contributed by atoms with Gasteiger partial charge in [0, 0.05) is 6.42 Å². The fraction of sp³-hybridized carbons (Fsp3) is 0.714. The number of carboxylic acids is 1. The third-order valence-electron chi connectivity index (χ3n) is 1.75. The molecular weight excluding hydrogens is 172 g/mol. The predicted octanol–water partition coefficient (Wildman–Crippen LogP) is -0.387. The molecule has 1 atom stereocenters. The van der Waals surface area contributed by atoms with Crippen LogP contribution in [0.1, 0.15) is 26.2 Å². The molecule has 0 fully saturated rings. The highest BCUT2D eigenvalue weighted by molar-refractivity contribution is 5.85. The van der Waals surface area contributed by atoms with Crippen LogP contribution >= 0.6 is 0 Å². The summed E-state index contributed by atoms with van der Waals surface area (Å²) in [6.07, 6.45) is 1.64. The zero-order valence-electron chi connectivity index (χ0n) is 7.66. The van der Waals surface area contributed by atoms with Gasteiger partial charge >= 0.3 is 5.97 Å². The van der Waals surface area contributed by atoms with Gasteiger partial charge in [-0.3, -0.25) is 4.79 Å². The van der Waals surface area contributed by atoms with E-state index in [1.54, 1.807) is 0 Å². The third kappa shape index (κ3) is 4.32. The lowest BCUT2D eigenvalue weighted by Gasteiger charge is -2.11. The van der Waals surface area contributed by atoms with Gasteiger partial charge in [0.15, 0.2) is 0 Å². The topological polar surface area (TPSA) is 114 Å². The summed E-state index contributed by atoms with van der Waals surface area (Å²) >= 11 is 0. The Kier molecular flexibility index (Phi) is 5.62. The lowest BCUT2D eigenvalue weighted by Crippen LogP contribution is -2.34. The van der Waals surface area contributed by atoms with Gasteiger partial charge < -0.3 is 16.4 Å². The molecule has 6 N–H and O–H groups in total. The Bertz CT molecular complexity index is 193. The number of rotatable bonds is 5. The lowest BCUT2D eigenvalue weighted by molar-refractivity contribution is -0.141. The van der Waals surface area contributed by atoms with Gasteiger partial charge in [-0.05, 0) is 6.42 Å². The highest BCUT2D eigenvalue weighted by Crippen LogP contribution is 2.11. The van der Waals surface area contributed by atoms with E-state index >= 15 is 0 Å². The van der Waals surface area contributed by atoms with Crippen molar-refractivity contribution in [2.24, 2.45) is 22.7 Å². The number of hydrogen-bond acceptors (Lipinski definition) is 4. The lowest BCUT2D eigenvalue weighted by atomic mass is 10.00. The van der Waals surface area contributed by atoms with E-state index in [1.807, 2.05) is 6.92 Å². The van der Waals surface area contributed by atoms with Crippen LogP contribution in [0.4, 0.5) is 0 Å². The minimum absolute atomic E-state index is 0.246. The van der Waals surface area contributed by atoms with Crippen molar-refractivity contribution in [1.82, 2.24) is 5.43 Å². The Hall–Kier alpha value is -1.30. The third-order valence-corrected chi connectivity index (χ3v) is 1.75. The molecular formula is C7H16N4O2. The molecule has 6 heteroatoms. The summed E-state index contributed by atoms with van der Waals surface area (Å²) < 4.78 is 0. The number of nitrogens with two attached hydrogens (primary N) is 2. The van der Waals surface area contributed by atoms with Gasteiger partial charge in [-0.2, -0.15) is 5.10 Å². The molecule has 0 saturated carbocycles. The van der Waals surface area contributed by atoms with Crippen LogP contribution in [0.3, 0.4) is 0 Å². The first-order chi connectivity index (χ1) is 6.15. The van der Waals surface area contributed by atoms with Crippen LogP contribution in [0, 0.1) is 5.92 Å². The van der Waals surface area contributed by atoms with Gasteiger partial charge in [-0.25, -0.2) is 5.84 Å². The van der Waals surface area contributed by atoms with E-state index < -0.39 is 11.9 Å². The quantitative estimate of drug-likeness (QED) is 0.203. The minimum Gasteiger partial charge on any atom is -0.481 e. The van der Waals surface area contributed by atoms with Gasteiger partial charge in [0.05, 0.1) is 5.92 Å². The first kappa shape index (κ1) is 11.7. The number of carboxylic acid groups (broad SMARTS) is 1. The van der Waals surface area contributed by atoms with Gasteiger partial charge in [-0.1, -0.05) is 13.3 Å².